The summed E-state index contributed by atoms with van der Waals surface area (Å²) in [6, 6.07) is 0. The molecule has 0 fully saturated rings. The Morgan fingerprint density at radius 2 is 0.500 bits per heavy atom. The van der Waals surface area contributed by atoms with Crippen LogP contribution < -0.4 is 55.8 Å². The van der Waals surface area contributed by atoms with E-state index in [-0.39, 0.29) is 97.5 Å². The van der Waals surface area contributed by atoms with Crippen molar-refractivity contribution in [2.24, 2.45) is 0 Å². The number of rotatable bonds is 0. The maximum Gasteiger partial charge on any atom is 3.00 e. The summed E-state index contributed by atoms with van der Waals surface area (Å²) in [6.07, 6.45) is 0. The van der Waals surface area contributed by atoms with Gasteiger partial charge in [0.25, 0.3) is 0 Å². The van der Waals surface area contributed by atoms with Crippen molar-refractivity contribution in [2.45, 2.75) is 0 Å². The predicted octanol–water partition coefficient (Wildman–Crippen LogP) is -11.6. The summed E-state index contributed by atoms with van der Waals surface area (Å²) in [5, 5.41) is 0. The van der Waals surface area contributed by atoms with Crippen LogP contribution >= 0.6 is 0 Å². The molecule has 0 spiro atoms. The Balaban J connectivity index is 0. The Morgan fingerprint density at radius 1 is 0.500 bits per heavy atom. The normalized spacial score (nSPS) is 0. The van der Waals surface area contributed by atoms with Crippen molar-refractivity contribution in [1.29, 1.82) is 0 Å². The third-order valence-corrected chi connectivity index (χ3v) is 0. The summed E-state index contributed by atoms with van der Waals surface area (Å²) >= 11 is 0. The van der Waals surface area contributed by atoms with Gasteiger partial charge in [-0.15, -0.1) is 0 Å². The Morgan fingerprint density at radius 3 is 0.500 bits per heavy atom. The number of hydrogen-bond donors (Lipinski definition) is 1. The van der Waals surface area contributed by atoms with Crippen molar-refractivity contribution < 1.29 is 91.4 Å². The van der Waals surface area contributed by atoms with E-state index >= 15 is 0 Å². The molecule has 0 aliphatic heterocycles. The van der Waals surface area contributed by atoms with Crippen molar-refractivity contribution in [3.05, 3.63) is 0 Å². The number of halogens is 4. The van der Waals surface area contributed by atoms with E-state index in [9.17, 15) is 0 Å². The van der Waals surface area contributed by atoms with Crippen LogP contribution in [0.2, 0.25) is 0 Å². The first-order chi connectivity index (χ1) is 0. The van der Waals surface area contributed by atoms with Crippen LogP contribution in [0.4, 0.5) is 0 Å². The second-order valence-electron chi connectivity index (χ2n) is 0. The molecule has 0 amide bonds. The number of quaternary nitrogens is 1. The third kappa shape index (κ3) is 31.5. The maximum absolute atomic E-state index is 0. The van der Waals surface area contributed by atoms with Crippen molar-refractivity contribution in [3.63, 3.8) is 0 Å². The van der Waals surface area contributed by atoms with E-state index in [0.717, 1.165) is 0 Å². The van der Waals surface area contributed by atoms with Gasteiger partial charge >= 0.3 is 41.7 Å². The van der Waals surface area contributed by atoms with Crippen LogP contribution in [0.25, 0.3) is 0 Å². The van der Waals surface area contributed by atoms with Gasteiger partial charge in [0.15, 0.2) is 0 Å². The second kappa shape index (κ2) is 50.8. The van der Waals surface area contributed by atoms with Crippen LogP contribution in [-0.4, -0.2) is 0 Å². The Hall–Kier alpha value is 2.50. The summed E-state index contributed by atoms with van der Waals surface area (Å²) < 4.78 is 0. The van der Waals surface area contributed by atoms with Gasteiger partial charge in [-0.2, -0.15) is 0 Å². The molecule has 1 nitrogen and oxygen atoms in total. The van der Waals surface area contributed by atoms with E-state index in [0.29, 0.717) is 0 Å². The Bertz CT molecular complexity index is 7.51. The second-order valence-corrected chi connectivity index (χ2v) is 0. The van der Waals surface area contributed by atoms with E-state index in [1.54, 1.807) is 0 Å². The monoisotopic (exact) mass is 298 g/mol. The van der Waals surface area contributed by atoms with Crippen LogP contribution in [0, 0.1) is 41.7 Å². The largest absolute Gasteiger partial charge is 3.00 e. The Kier molecular flexibility index (Phi) is 648. The first-order valence-electron chi connectivity index (χ1n) is 0. The van der Waals surface area contributed by atoms with Crippen LogP contribution in [-0.2, 0) is 0 Å². The molecule has 0 saturated carbocycles. The average molecular weight is 300 g/mol. The summed E-state index contributed by atoms with van der Waals surface area (Å²) in [6.45, 7) is 0. The van der Waals surface area contributed by atoms with Crippen LogP contribution in [0.1, 0.15) is 0 Å². The molecule has 0 bridgehead atoms. The van der Waals surface area contributed by atoms with E-state index in [1.165, 1.54) is 0 Å². The maximum atomic E-state index is 0. The summed E-state index contributed by atoms with van der Waals surface area (Å²) in [4.78, 5) is 0. The molecule has 0 aromatic heterocycles. The van der Waals surface area contributed by atoms with Gasteiger partial charge in [0.05, 0.1) is 0 Å². The molecule has 4 N–H and O–H groups in total. The van der Waals surface area contributed by atoms with Gasteiger partial charge in [0, 0.05) is 0 Å². The molecule has 0 atom stereocenters. The van der Waals surface area contributed by atoms with Crippen LogP contribution in [0.5, 0.6) is 0 Å². The van der Waals surface area contributed by atoms with Crippen molar-refractivity contribution in [2.75, 3.05) is 0 Å². The molecule has 0 aliphatic carbocycles. The molecular weight excluding hydrogens is 296 g/mol. The van der Waals surface area contributed by atoms with Crippen LogP contribution in [0.3, 0.4) is 0 Å². The molecule has 0 aromatic carbocycles. The fourth-order valence-corrected chi connectivity index (χ4v) is 0. The molecule has 6 heteroatoms. The molecule has 1 radical (unpaired) electrons. The molecule has 0 unspecified atom stereocenters. The molecular formula is H4CeCl4N. The van der Waals surface area contributed by atoms with Gasteiger partial charge in [0.1, 0.15) is 0 Å². The van der Waals surface area contributed by atoms with E-state index in [1.807, 2.05) is 0 Å². The van der Waals surface area contributed by atoms with Crippen molar-refractivity contribution in [3.8, 4) is 0 Å². The third-order valence-electron chi connectivity index (χ3n) is 0. The average Bonchev–Trinajstić information content (AvgIpc) is 0. The number of hydrogen-bond acceptors (Lipinski definition) is 0. The molecule has 41 valence electrons. The van der Waals surface area contributed by atoms with E-state index in [2.05, 4.69) is 0 Å². The zero-order chi connectivity index (χ0) is 0. The molecule has 0 heterocycles. The topological polar surface area (TPSA) is 36.5 Å². The molecule has 0 saturated heterocycles. The van der Waals surface area contributed by atoms with Gasteiger partial charge in [-0.1, -0.05) is 0 Å². The zero-order valence-corrected chi connectivity index (χ0v) is 9.18. The fraction of sp³-hybridized carbons (Fsp3) is 0. The smallest absolute Gasteiger partial charge is 1.00 e. The van der Waals surface area contributed by atoms with Gasteiger partial charge in [0.2, 0.25) is 0 Å². The minimum atomic E-state index is 0. The zero-order valence-electron chi connectivity index (χ0n) is 3.01. The quantitative estimate of drug-likeness (QED) is 0.461. The minimum absolute atomic E-state index is 0. The summed E-state index contributed by atoms with van der Waals surface area (Å²) in [5.74, 6) is 0. The summed E-state index contributed by atoms with van der Waals surface area (Å²) in [5.41, 5.74) is 0. The van der Waals surface area contributed by atoms with Gasteiger partial charge in [-0.05, 0) is 0 Å². The van der Waals surface area contributed by atoms with E-state index < -0.39 is 0 Å². The predicted molar refractivity (Wildman–Crippen MR) is 5.98 cm³/mol. The van der Waals surface area contributed by atoms with Crippen molar-refractivity contribution in [1.82, 2.24) is 6.15 Å². The molecule has 6 heavy (non-hydrogen) atoms. The standard InChI is InChI=1S/Ce.4ClH.H3N/h;4*1H;1H3/q+3;;;;;/p-3. The molecule has 0 aliphatic rings. The summed E-state index contributed by atoms with van der Waals surface area (Å²) in [7, 11) is 0. The Labute approximate surface area is 96.0 Å². The van der Waals surface area contributed by atoms with Gasteiger partial charge < -0.3 is 55.8 Å². The van der Waals surface area contributed by atoms with Gasteiger partial charge in [-0.3, -0.25) is 0 Å². The minimum Gasteiger partial charge on any atom is -1.00 e. The van der Waals surface area contributed by atoms with E-state index in [4.69, 9.17) is 0 Å². The first kappa shape index (κ1) is 76.6. The molecule has 0 rings (SSSR count). The first-order valence-corrected chi connectivity index (χ1v) is 0. The van der Waals surface area contributed by atoms with Crippen LogP contribution in [0.15, 0.2) is 0 Å². The fourth-order valence-electron chi connectivity index (χ4n) is 0. The van der Waals surface area contributed by atoms with Crippen molar-refractivity contribution >= 4 is 0 Å². The van der Waals surface area contributed by atoms with Gasteiger partial charge in [-0.25, -0.2) is 0 Å². The molecule has 0 aromatic rings. The SMILES string of the molecule is [Ce+3].[Cl-].[Cl-].[Cl-].[Cl-].[NH4+].